The number of thioether (sulfide) groups is 1. The molecule has 2 aromatic rings. The van der Waals surface area contributed by atoms with E-state index >= 15 is 0 Å². The van der Waals surface area contributed by atoms with Gasteiger partial charge in [-0.2, -0.15) is 0 Å². The number of methoxy groups -OCH3 is 1. The van der Waals surface area contributed by atoms with Crippen molar-refractivity contribution in [1.82, 2.24) is 4.90 Å². The average molecular weight is 449 g/mol. The van der Waals surface area contributed by atoms with E-state index in [1.54, 1.807) is 18.2 Å². The van der Waals surface area contributed by atoms with E-state index in [-0.39, 0.29) is 12.2 Å². The zero-order valence-corrected chi connectivity index (χ0v) is 16.5. The predicted molar refractivity (Wildman–Crippen MR) is 105 cm³/mol. The number of nitrogens with zero attached hydrogens (tertiary/aromatic N) is 2. The topological polar surface area (TPSA) is 89.8 Å². The molecule has 0 spiro atoms. The van der Waals surface area contributed by atoms with Gasteiger partial charge in [0, 0.05) is 22.2 Å². The van der Waals surface area contributed by atoms with Crippen LogP contribution in [0.4, 0.5) is 10.5 Å². The highest BCUT2D eigenvalue weighted by Gasteiger charge is 2.35. The molecule has 1 saturated heterocycles. The number of rotatable bonds is 5. The van der Waals surface area contributed by atoms with Gasteiger partial charge in [0.15, 0.2) is 0 Å². The quantitative estimate of drug-likeness (QED) is 0.377. The maximum Gasteiger partial charge on any atom is 0.293 e. The van der Waals surface area contributed by atoms with Crippen molar-refractivity contribution in [2.24, 2.45) is 0 Å². The Morgan fingerprint density at radius 3 is 2.56 bits per heavy atom. The third kappa shape index (κ3) is 4.20. The van der Waals surface area contributed by atoms with Crippen LogP contribution in [0.3, 0.4) is 0 Å². The standard InChI is InChI=1S/C18H13BrN2O5S/c1-26-15-7-4-13(19)8-12(15)9-16-17(22)20(18(23)27-16)10-11-2-5-14(6-3-11)21(24)25/h2-9H,10H2,1H3. The Morgan fingerprint density at radius 2 is 1.93 bits per heavy atom. The number of imide groups is 1. The molecule has 2 amide bonds. The van der Waals surface area contributed by atoms with Crippen molar-refractivity contribution >= 4 is 50.6 Å². The van der Waals surface area contributed by atoms with Crippen LogP contribution >= 0.6 is 27.7 Å². The summed E-state index contributed by atoms with van der Waals surface area (Å²) in [6.07, 6.45) is 1.62. The number of ether oxygens (including phenoxy) is 1. The second-order valence-electron chi connectivity index (χ2n) is 5.58. The number of nitro groups is 1. The van der Waals surface area contributed by atoms with Gasteiger partial charge >= 0.3 is 0 Å². The molecule has 1 heterocycles. The number of nitro benzene ring substituents is 1. The lowest BCUT2D eigenvalue weighted by Gasteiger charge is -2.12. The summed E-state index contributed by atoms with van der Waals surface area (Å²) in [4.78, 5) is 36.5. The van der Waals surface area contributed by atoms with E-state index in [1.165, 1.54) is 31.4 Å². The summed E-state index contributed by atoms with van der Waals surface area (Å²) in [6, 6.07) is 11.1. The zero-order valence-electron chi connectivity index (χ0n) is 14.0. The summed E-state index contributed by atoms with van der Waals surface area (Å²) in [7, 11) is 1.53. The minimum Gasteiger partial charge on any atom is -0.496 e. The molecular formula is C18H13BrN2O5S. The zero-order chi connectivity index (χ0) is 19.6. The van der Waals surface area contributed by atoms with Crippen LogP contribution in [-0.2, 0) is 11.3 Å². The Kier molecular flexibility index (Phi) is 5.62. The lowest BCUT2D eigenvalue weighted by Crippen LogP contribution is -2.27. The van der Waals surface area contributed by atoms with Crippen LogP contribution in [0.15, 0.2) is 51.8 Å². The fourth-order valence-corrected chi connectivity index (χ4v) is 3.71. The molecule has 1 aliphatic heterocycles. The number of non-ortho nitro benzene ring substituents is 1. The summed E-state index contributed by atoms with van der Waals surface area (Å²) >= 11 is 4.22. The van der Waals surface area contributed by atoms with E-state index in [9.17, 15) is 19.7 Å². The summed E-state index contributed by atoms with van der Waals surface area (Å²) in [5.74, 6) is 0.172. The highest BCUT2D eigenvalue weighted by Crippen LogP contribution is 2.35. The largest absolute Gasteiger partial charge is 0.496 e. The SMILES string of the molecule is COc1ccc(Br)cc1C=C1SC(=O)N(Cc2ccc([N+](=O)[O-])cc2)C1=O. The van der Waals surface area contributed by atoms with Gasteiger partial charge in [-0.1, -0.05) is 28.1 Å². The number of carbonyl (C=O) groups is 2. The minimum atomic E-state index is -0.502. The van der Waals surface area contributed by atoms with Crippen molar-refractivity contribution in [3.63, 3.8) is 0 Å². The molecule has 0 radical (unpaired) electrons. The van der Waals surface area contributed by atoms with Gasteiger partial charge in [-0.25, -0.2) is 0 Å². The molecule has 27 heavy (non-hydrogen) atoms. The molecule has 1 aliphatic rings. The molecule has 3 rings (SSSR count). The molecule has 0 aliphatic carbocycles. The number of hydrogen-bond donors (Lipinski definition) is 0. The number of carbonyl (C=O) groups excluding carboxylic acids is 2. The first-order valence-electron chi connectivity index (χ1n) is 7.71. The van der Waals surface area contributed by atoms with Crippen LogP contribution in [-0.4, -0.2) is 28.1 Å². The van der Waals surface area contributed by atoms with Gasteiger partial charge in [0.25, 0.3) is 16.8 Å². The van der Waals surface area contributed by atoms with Gasteiger partial charge in [0.05, 0.1) is 23.5 Å². The number of hydrogen-bond acceptors (Lipinski definition) is 6. The third-order valence-electron chi connectivity index (χ3n) is 3.84. The van der Waals surface area contributed by atoms with Crippen LogP contribution < -0.4 is 4.74 Å². The summed E-state index contributed by atoms with van der Waals surface area (Å²) in [5, 5.41) is 10.3. The van der Waals surface area contributed by atoms with Crippen LogP contribution in [0.5, 0.6) is 5.75 Å². The van der Waals surface area contributed by atoms with Crippen molar-refractivity contribution in [2.75, 3.05) is 7.11 Å². The molecule has 2 aromatic carbocycles. The summed E-state index contributed by atoms with van der Waals surface area (Å²) < 4.78 is 6.11. The second-order valence-corrected chi connectivity index (χ2v) is 7.49. The summed E-state index contributed by atoms with van der Waals surface area (Å²) in [6.45, 7) is 0.0512. The van der Waals surface area contributed by atoms with Crippen molar-refractivity contribution in [3.05, 3.63) is 73.1 Å². The molecular weight excluding hydrogens is 436 g/mol. The second kappa shape index (κ2) is 7.93. The highest BCUT2D eigenvalue weighted by molar-refractivity contribution is 9.10. The van der Waals surface area contributed by atoms with E-state index in [0.29, 0.717) is 21.8 Å². The Hall–Kier alpha value is -2.65. The van der Waals surface area contributed by atoms with E-state index in [1.807, 2.05) is 6.07 Å². The molecule has 1 fully saturated rings. The number of amides is 2. The van der Waals surface area contributed by atoms with Gasteiger partial charge in [0.2, 0.25) is 0 Å². The Morgan fingerprint density at radius 1 is 1.22 bits per heavy atom. The monoisotopic (exact) mass is 448 g/mol. The summed E-state index contributed by atoms with van der Waals surface area (Å²) in [5.41, 5.74) is 1.26. The molecule has 0 atom stereocenters. The molecule has 7 nitrogen and oxygen atoms in total. The average Bonchev–Trinajstić information content (AvgIpc) is 2.90. The normalized spacial score (nSPS) is 15.5. The molecule has 138 valence electrons. The molecule has 0 unspecified atom stereocenters. The fourth-order valence-electron chi connectivity index (χ4n) is 2.50. The van der Waals surface area contributed by atoms with Crippen molar-refractivity contribution in [2.45, 2.75) is 6.54 Å². The molecule has 9 heteroatoms. The van der Waals surface area contributed by atoms with Crippen molar-refractivity contribution < 1.29 is 19.2 Å². The lowest BCUT2D eigenvalue weighted by atomic mass is 10.1. The molecule has 0 aromatic heterocycles. The van der Waals surface area contributed by atoms with Crippen molar-refractivity contribution in [1.29, 1.82) is 0 Å². The van der Waals surface area contributed by atoms with Crippen LogP contribution in [0.2, 0.25) is 0 Å². The number of halogens is 1. The third-order valence-corrected chi connectivity index (χ3v) is 5.24. The molecule has 0 saturated carbocycles. The highest BCUT2D eigenvalue weighted by atomic mass is 79.9. The Bertz CT molecular complexity index is 959. The molecule has 0 bridgehead atoms. The first-order chi connectivity index (χ1) is 12.9. The van der Waals surface area contributed by atoms with E-state index in [2.05, 4.69) is 15.9 Å². The maximum atomic E-state index is 12.6. The smallest absolute Gasteiger partial charge is 0.293 e. The molecule has 0 N–H and O–H groups in total. The first-order valence-corrected chi connectivity index (χ1v) is 9.32. The van der Waals surface area contributed by atoms with Crippen molar-refractivity contribution in [3.8, 4) is 5.75 Å². The van der Waals surface area contributed by atoms with E-state index in [4.69, 9.17) is 4.74 Å². The van der Waals surface area contributed by atoms with E-state index < -0.39 is 16.1 Å². The van der Waals surface area contributed by atoms with Gasteiger partial charge in [-0.15, -0.1) is 0 Å². The van der Waals surface area contributed by atoms with Gasteiger partial charge in [0.1, 0.15) is 5.75 Å². The maximum absolute atomic E-state index is 12.6. The lowest BCUT2D eigenvalue weighted by molar-refractivity contribution is -0.384. The number of benzene rings is 2. The minimum absolute atomic E-state index is 0.0467. The van der Waals surface area contributed by atoms with E-state index in [0.717, 1.165) is 21.1 Å². The Labute approximate surface area is 167 Å². The van der Waals surface area contributed by atoms with Crippen LogP contribution in [0, 0.1) is 10.1 Å². The predicted octanol–water partition coefficient (Wildman–Crippen LogP) is 4.60. The fraction of sp³-hybridized carbons (Fsp3) is 0.111. The Balaban J connectivity index is 1.83. The van der Waals surface area contributed by atoms with Gasteiger partial charge in [-0.05, 0) is 41.6 Å². The van der Waals surface area contributed by atoms with Gasteiger partial charge in [-0.3, -0.25) is 24.6 Å². The van der Waals surface area contributed by atoms with Crippen LogP contribution in [0.25, 0.3) is 6.08 Å². The first kappa shape index (κ1) is 19.1. The van der Waals surface area contributed by atoms with Crippen LogP contribution in [0.1, 0.15) is 11.1 Å². The van der Waals surface area contributed by atoms with Gasteiger partial charge < -0.3 is 4.74 Å².